The van der Waals surface area contributed by atoms with Crippen LogP contribution in [0.5, 0.6) is 0 Å². The number of aliphatic hydroxyl groups is 2. The van der Waals surface area contributed by atoms with Crippen LogP contribution in [0.4, 0.5) is 0 Å². The lowest BCUT2D eigenvalue weighted by Crippen LogP contribution is -2.58. The summed E-state index contributed by atoms with van der Waals surface area (Å²) in [6, 6.07) is 0.142. The fraction of sp³-hybridized carbons (Fsp3) is 0.789. The second kappa shape index (κ2) is 4.68. The van der Waals surface area contributed by atoms with Crippen molar-refractivity contribution in [1.82, 2.24) is 0 Å². The molecule has 22 heavy (non-hydrogen) atoms. The topological polar surface area (TPSA) is 66.5 Å². The highest BCUT2D eigenvalue weighted by Crippen LogP contribution is 2.63. The standard InChI is InChI=1S/C19H29NO2/c1-18-7-5-12(20)9-11(18)10-15(21)17-13-3-4-16(22)19(13,2)8-6-14(17)18/h3-5,7,11-17,21-22H,6,8-10,20H2,1-2H3/t11?,12?,13-,14+,15?,16?,17-,18-,19-/m0/s1. The number of allylic oxidation sites excluding steroid dienone is 2. The summed E-state index contributed by atoms with van der Waals surface area (Å²) in [7, 11) is 0. The zero-order valence-corrected chi connectivity index (χ0v) is 13.7. The minimum absolute atomic E-state index is 0.0832. The van der Waals surface area contributed by atoms with Gasteiger partial charge >= 0.3 is 0 Å². The van der Waals surface area contributed by atoms with Crippen LogP contribution in [0.15, 0.2) is 24.3 Å². The molecule has 4 N–H and O–H groups in total. The van der Waals surface area contributed by atoms with Crippen molar-refractivity contribution < 1.29 is 10.2 Å². The number of nitrogens with two attached hydrogens (primary N) is 1. The lowest BCUT2D eigenvalue weighted by atomic mass is 9.45. The maximum absolute atomic E-state index is 10.9. The van der Waals surface area contributed by atoms with Gasteiger partial charge in [0.15, 0.2) is 0 Å². The molecular weight excluding hydrogens is 274 g/mol. The summed E-state index contributed by atoms with van der Waals surface area (Å²) in [5.41, 5.74) is 6.20. The van der Waals surface area contributed by atoms with Crippen LogP contribution in [-0.4, -0.2) is 28.5 Å². The normalized spacial score (nSPS) is 59.8. The third-order valence-corrected chi connectivity index (χ3v) is 7.72. The molecule has 0 amide bonds. The second-order valence-electron chi connectivity index (χ2n) is 8.71. The molecule has 0 saturated heterocycles. The Morgan fingerprint density at radius 2 is 1.86 bits per heavy atom. The molecule has 2 fully saturated rings. The van der Waals surface area contributed by atoms with Gasteiger partial charge in [-0.05, 0) is 54.8 Å². The molecule has 0 aliphatic heterocycles. The minimum Gasteiger partial charge on any atom is -0.393 e. The number of aliphatic hydroxyl groups excluding tert-OH is 2. The fourth-order valence-electron chi connectivity index (χ4n) is 6.24. The second-order valence-corrected chi connectivity index (χ2v) is 8.71. The summed E-state index contributed by atoms with van der Waals surface area (Å²) in [4.78, 5) is 0. The Labute approximate surface area is 133 Å². The van der Waals surface area contributed by atoms with E-state index in [1.54, 1.807) is 0 Å². The summed E-state index contributed by atoms with van der Waals surface area (Å²) < 4.78 is 0. The van der Waals surface area contributed by atoms with Gasteiger partial charge in [0.05, 0.1) is 12.2 Å². The van der Waals surface area contributed by atoms with Gasteiger partial charge in [0, 0.05) is 11.5 Å². The van der Waals surface area contributed by atoms with Gasteiger partial charge in [-0.15, -0.1) is 0 Å². The molecule has 0 aromatic heterocycles. The van der Waals surface area contributed by atoms with Crippen LogP contribution < -0.4 is 5.73 Å². The fourth-order valence-corrected chi connectivity index (χ4v) is 6.24. The van der Waals surface area contributed by atoms with Crippen molar-refractivity contribution in [2.45, 2.75) is 57.8 Å². The van der Waals surface area contributed by atoms with Crippen molar-refractivity contribution >= 4 is 0 Å². The van der Waals surface area contributed by atoms with Crippen molar-refractivity contribution in [2.24, 2.45) is 40.2 Å². The Balaban J connectivity index is 1.73. The zero-order valence-electron chi connectivity index (χ0n) is 13.7. The van der Waals surface area contributed by atoms with E-state index < -0.39 is 0 Å². The van der Waals surface area contributed by atoms with Crippen LogP contribution in [0.2, 0.25) is 0 Å². The summed E-state index contributed by atoms with van der Waals surface area (Å²) in [6.45, 7) is 4.58. The Bertz CT molecular complexity index is 530. The Kier molecular flexibility index (Phi) is 3.18. The molecule has 3 heteroatoms. The van der Waals surface area contributed by atoms with Crippen molar-refractivity contribution in [3.05, 3.63) is 24.3 Å². The predicted molar refractivity (Wildman–Crippen MR) is 86.9 cm³/mol. The smallest absolute Gasteiger partial charge is 0.0780 e. The molecule has 9 atom stereocenters. The van der Waals surface area contributed by atoms with Gasteiger partial charge in [-0.3, -0.25) is 0 Å². The molecule has 4 unspecified atom stereocenters. The molecule has 0 bridgehead atoms. The van der Waals surface area contributed by atoms with Crippen molar-refractivity contribution in [2.75, 3.05) is 0 Å². The van der Waals surface area contributed by atoms with E-state index in [1.807, 2.05) is 6.08 Å². The monoisotopic (exact) mass is 303 g/mol. The maximum Gasteiger partial charge on any atom is 0.0780 e. The van der Waals surface area contributed by atoms with E-state index in [4.69, 9.17) is 5.73 Å². The molecule has 0 radical (unpaired) electrons. The number of hydrogen-bond acceptors (Lipinski definition) is 3. The SMILES string of the molecule is C[C@]12C=CC(N)CC1CC(O)[C@@H]1[C@H]2CC[C@]2(C)C(O)C=C[C@@H]12. The quantitative estimate of drug-likeness (QED) is 0.601. The molecule has 2 saturated carbocycles. The molecule has 0 aromatic carbocycles. The van der Waals surface area contributed by atoms with Crippen LogP contribution in [0.25, 0.3) is 0 Å². The summed E-state index contributed by atoms with van der Waals surface area (Å²) in [5, 5.41) is 21.3. The first kappa shape index (κ1) is 14.9. The number of fused-ring (bicyclic) bond motifs is 5. The van der Waals surface area contributed by atoms with E-state index in [9.17, 15) is 10.2 Å². The average molecular weight is 303 g/mol. The van der Waals surface area contributed by atoms with Crippen molar-refractivity contribution in [3.8, 4) is 0 Å². The van der Waals surface area contributed by atoms with Gasteiger partial charge in [-0.2, -0.15) is 0 Å². The predicted octanol–water partition coefficient (Wildman–Crippen LogP) is 2.24. The minimum atomic E-state index is -0.355. The third kappa shape index (κ3) is 1.79. The Morgan fingerprint density at radius 3 is 2.64 bits per heavy atom. The Morgan fingerprint density at radius 1 is 1.09 bits per heavy atom. The highest BCUT2D eigenvalue weighted by molar-refractivity contribution is 5.24. The molecule has 0 heterocycles. The van der Waals surface area contributed by atoms with E-state index >= 15 is 0 Å². The highest BCUT2D eigenvalue weighted by atomic mass is 16.3. The molecular formula is C19H29NO2. The van der Waals surface area contributed by atoms with Gasteiger partial charge < -0.3 is 15.9 Å². The molecule has 4 aliphatic rings. The summed E-state index contributed by atoms with van der Waals surface area (Å²) in [5.74, 6) is 1.56. The van der Waals surface area contributed by atoms with Crippen LogP contribution in [0.1, 0.15) is 39.5 Å². The van der Waals surface area contributed by atoms with Crippen molar-refractivity contribution in [1.29, 1.82) is 0 Å². The van der Waals surface area contributed by atoms with Gasteiger partial charge in [0.25, 0.3) is 0 Å². The molecule has 122 valence electrons. The molecule has 4 aliphatic carbocycles. The number of rotatable bonds is 0. The van der Waals surface area contributed by atoms with Crippen molar-refractivity contribution in [3.63, 3.8) is 0 Å². The van der Waals surface area contributed by atoms with Gasteiger partial charge in [0.2, 0.25) is 0 Å². The average Bonchev–Trinajstić information content (AvgIpc) is 2.77. The molecule has 4 rings (SSSR count). The van der Waals surface area contributed by atoms with E-state index in [-0.39, 0.29) is 35.0 Å². The van der Waals surface area contributed by atoms with Crippen LogP contribution >= 0.6 is 0 Å². The first-order chi connectivity index (χ1) is 10.4. The zero-order chi connectivity index (χ0) is 15.7. The van der Waals surface area contributed by atoms with Gasteiger partial charge in [-0.25, -0.2) is 0 Å². The highest BCUT2D eigenvalue weighted by Gasteiger charge is 2.60. The Hall–Kier alpha value is -0.640. The van der Waals surface area contributed by atoms with Gasteiger partial charge in [-0.1, -0.05) is 38.2 Å². The largest absolute Gasteiger partial charge is 0.393 e. The van der Waals surface area contributed by atoms with E-state index in [0.717, 1.165) is 25.7 Å². The van der Waals surface area contributed by atoms with Crippen LogP contribution in [-0.2, 0) is 0 Å². The molecule has 0 spiro atoms. The van der Waals surface area contributed by atoms with E-state index in [0.29, 0.717) is 17.8 Å². The van der Waals surface area contributed by atoms with E-state index in [1.165, 1.54) is 0 Å². The van der Waals surface area contributed by atoms with E-state index in [2.05, 4.69) is 32.1 Å². The summed E-state index contributed by atoms with van der Waals surface area (Å²) >= 11 is 0. The lowest BCUT2D eigenvalue weighted by molar-refractivity contribution is -0.140. The van der Waals surface area contributed by atoms with Crippen LogP contribution in [0.3, 0.4) is 0 Å². The van der Waals surface area contributed by atoms with Gasteiger partial charge in [0.1, 0.15) is 0 Å². The number of hydrogen-bond donors (Lipinski definition) is 3. The first-order valence-electron chi connectivity index (χ1n) is 8.85. The first-order valence-corrected chi connectivity index (χ1v) is 8.85. The third-order valence-electron chi connectivity index (χ3n) is 7.72. The lowest BCUT2D eigenvalue weighted by Gasteiger charge is -2.60. The molecule has 3 nitrogen and oxygen atoms in total. The molecule has 0 aromatic rings. The van der Waals surface area contributed by atoms with Crippen LogP contribution in [0, 0.1) is 34.5 Å². The summed E-state index contributed by atoms with van der Waals surface area (Å²) in [6.07, 6.45) is 12.0. The maximum atomic E-state index is 10.9.